The van der Waals surface area contributed by atoms with Gasteiger partial charge in [-0.1, -0.05) is 28.9 Å². The predicted octanol–water partition coefficient (Wildman–Crippen LogP) is 3.09. The number of ether oxygens (including phenoxy) is 1. The van der Waals surface area contributed by atoms with Crippen molar-refractivity contribution in [2.24, 2.45) is 0 Å². The van der Waals surface area contributed by atoms with Crippen LogP contribution in [0.3, 0.4) is 0 Å². The van der Waals surface area contributed by atoms with Crippen LogP contribution in [-0.2, 0) is 4.74 Å². The first-order valence-electron chi connectivity index (χ1n) is 6.38. The molecule has 98 valence electrons. The van der Waals surface area contributed by atoms with E-state index in [1.165, 1.54) is 0 Å². The van der Waals surface area contributed by atoms with Gasteiger partial charge in [-0.05, 0) is 44.1 Å². The van der Waals surface area contributed by atoms with Gasteiger partial charge in [0.1, 0.15) is 6.10 Å². The molecule has 3 nitrogen and oxygen atoms in total. The van der Waals surface area contributed by atoms with E-state index in [-0.39, 0.29) is 12.1 Å². The van der Waals surface area contributed by atoms with Crippen LogP contribution in [0.2, 0.25) is 0 Å². The van der Waals surface area contributed by atoms with Crippen LogP contribution in [0, 0.1) is 0 Å². The van der Waals surface area contributed by atoms with Gasteiger partial charge < -0.3 is 4.74 Å². The SMILES string of the molecule is CCN1CCC[C@@H](OC(=O)c2cccc(Br)c2)C1. The fraction of sp³-hybridized carbons (Fsp3) is 0.500. The van der Waals surface area contributed by atoms with Crippen molar-refractivity contribution in [1.29, 1.82) is 0 Å². The third-order valence-corrected chi connectivity index (χ3v) is 3.74. The summed E-state index contributed by atoms with van der Waals surface area (Å²) in [5, 5.41) is 0. The van der Waals surface area contributed by atoms with Crippen LogP contribution in [0.4, 0.5) is 0 Å². The molecule has 1 aromatic carbocycles. The quantitative estimate of drug-likeness (QED) is 0.803. The molecule has 0 bridgehead atoms. The molecule has 2 rings (SSSR count). The standard InChI is InChI=1S/C14H18BrNO2/c1-2-16-8-4-7-13(10-16)18-14(17)11-5-3-6-12(15)9-11/h3,5-6,9,13H,2,4,7-8,10H2,1H3/t13-/m1/s1. The summed E-state index contributed by atoms with van der Waals surface area (Å²) in [4.78, 5) is 14.3. The Bertz CT molecular complexity index is 422. The normalized spacial score (nSPS) is 20.7. The van der Waals surface area contributed by atoms with Gasteiger partial charge in [0.25, 0.3) is 0 Å². The van der Waals surface area contributed by atoms with E-state index in [4.69, 9.17) is 4.74 Å². The fourth-order valence-corrected chi connectivity index (χ4v) is 2.63. The van der Waals surface area contributed by atoms with Gasteiger partial charge in [-0.2, -0.15) is 0 Å². The summed E-state index contributed by atoms with van der Waals surface area (Å²) in [6.07, 6.45) is 2.10. The number of rotatable bonds is 3. The van der Waals surface area contributed by atoms with Gasteiger partial charge >= 0.3 is 5.97 Å². The number of likely N-dealkylation sites (N-methyl/N-ethyl adjacent to an activating group) is 1. The number of carbonyl (C=O) groups is 1. The minimum Gasteiger partial charge on any atom is -0.457 e. The average Bonchev–Trinajstić information content (AvgIpc) is 2.39. The van der Waals surface area contributed by atoms with E-state index in [0.717, 1.165) is 36.9 Å². The molecular weight excluding hydrogens is 294 g/mol. The Balaban J connectivity index is 1.95. The van der Waals surface area contributed by atoms with Crippen molar-refractivity contribution in [3.8, 4) is 0 Å². The van der Waals surface area contributed by atoms with Gasteiger partial charge in [0.2, 0.25) is 0 Å². The third-order valence-electron chi connectivity index (χ3n) is 3.24. The third kappa shape index (κ3) is 3.56. The highest BCUT2D eigenvalue weighted by Gasteiger charge is 2.22. The molecule has 1 aliphatic rings. The van der Waals surface area contributed by atoms with Crippen molar-refractivity contribution in [2.45, 2.75) is 25.9 Å². The van der Waals surface area contributed by atoms with Crippen LogP contribution in [-0.4, -0.2) is 36.6 Å². The second-order valence-electron chi connectivity index (χ2n) is 4.57. The molecular formula is C14H18BrNO2. The van der Waals surface area contributed by atoms with E-state index in [1.807, 2.05) is 12.1 Å². The Morgan fingerprint density at radius 3 is 3.11 bits per heavy atom. The molecule has 18 heavy (non-hydrogen) atoms. The van der Waals surface area contributed by atoms with Crippen molar-refractivity contribution in [1.82, 2.24) is 4.90 Å². The van der Waals surface area contributed by atoms with Crippen LogP contribution < -0.4 is 0 Å². The maximum absolute atomic E-state index is 12.0. The zero-order valence-corrected chi connectivity index (χ0v) is 12.1. The van der Waals surface area contributed by atoms with Crippen molar-refractivity contribution in [3.05, 3.63) is 34.3 Å². The number of likely N-dealkylation sites (tertiary alicyclic amines) is 1. The maximum Gasteiger partial charge on any atom is 0.338 e. The largest absolute Gasteiger partial charge is 0.457 e. The lowest BCUT2D eigenvalue weighted by Crippen LogP contribution is -2.40. The summed E-state index contributed by atoms with van der Waals surface area (Å²) in [5.41, 5.74) is 0.609. The van der Waals surface area contributed by atoms with Gasteiger partial charge in [-0.15, -0.1) is 0 Å². The van der Waals surface area contributed by atoms with E-state index in [9.17, 15) is 4.79 Å². The summed E-state index contributed by atoms with van der Waals surface area (Å²) in [7, 11) is 0. The Morgan fingerprint density at radius 2 is 2.39 bits per heavy atom. The highest BCUT2D eigenvalue weighted by Crippen LogP contribution is 2.17. The minimum atomic E-state index is -0.223. The van der Waals surface area contributed by atoms with Crippen LogP contribution >= 0.6 is 15.9 Å². The molecule has 1 atom stereocenters. The Kier molecular flexibility index (Phi) is 4.78. The zero-order valence-electron chi connectivity index (χ0n) is 10.6. The van der Waals surface area contributed by atoms with Crippen molar-refractivity contribution >= 4 is 21.9 Å². The summed E-state index contributed by atoms with van der Waals surface area (Å²) >= 11 is 3.36. The number of benzene rings is 1. The topological polar surface area (TPSA) is 29.5 Å². The van der Waals surface area contributed by atoms with E-state index in [2.05, 4.69) is 27.8 Å². The number of nitrogens with zero attached hydrogens (tertiary/aromatic N) is 1. The second kappa shape index (κ2) is 6.34. The molecule has 0 aliphatic carbocycles. The smallest absolute Gasteiger partial charge is 0.338 e. The minimum absolute atomic E-state index is 0.0326. The van der Waals surface area contributed by atoms with Crippen LogP contribution in [0.5, 0.6) is 0 Å². The van der Waals surface area contributed by atoms with Crippen LogP contribution in [0.15, 0.2) is 28.7 Å². The number of carbonyl (C=O) groups excluding carboxylic acids is 1. The molecule has 0 spiro atoms. The maximum atomic E-state index is 12.0. The molecule has 0 radical (unpaired) electrons. The van der Waals surface area contributed by atoms with E-state index in [1.54, 1.807) is 12.1 Å². The van der Waals surface area contributed by atoms with Crippen molar-refractivity contribution < 1.29 is 9.53 Å². The van der Waals surface area contributed by atoms with Gasteiger partial charge in [0.15, 0.2) is 0 Å². The lowest BCUT2D eigenvalue weighted by atomic mass is 10.1. The molecule has 0 amide bonds. The van der Waals surface area contributed by atoms with Gasteiger partial charge in [-0.3, -0.25) is 4.90 Å². The summed E-state index contributed by atoms with van der Waals surface area (Å²) in [5.74, 6) is -0.223. The summed E-state index contributed by atoms with van der Waals surface area (Å²) in [6, 6.07) is 7.33. The number of halogens is 1. The highest BCUT2D eigenvalue weighted by molar-refractivity contribution is 9.10. The van der Waals surface area contributed by atoms with E-state index in [0.29, 0.717) is 5.56 Å². The molecule has 0 aromatic heterocycles. The lowest BCUT2D eigenvalue weighted by molar-refractivity contribution is 0.00774. The van der Waals surface area contributed by atoms with Gasteiger partial charge in [0.05, 0.1) is 5.56 Å². The molecule has 0 unspecified atom stereocenters. The second-order valence-corrected chi connectivity index (χ2v) is 5.49. The first kappa shape index (κ1) is 13.6. The van der Waals surface area contributed by atoms with Gasteiger partial charge in [-0.25, -0.2) is 4.79 Å². The molecule has 1 fully saturated rings. The Morgan fingerprint density at radius 1 is 1.56 bits per heavy atom. The van der Waals surface area contributed by atoms with E-state index < -0.39 is 0 Å². The number of esters is 1. The summed E-state index contributed by atoms with van der Waals surface area (Å²) in [6.45, 7) is 5.13. The Hall–Kier alpha value is -0.870. The van der Waals surface area contributed by atoms with Gasteiger partial charge in [0, 0.05) is 11.0 Å². The fourth-order valence-electron chi connectivity index (χ4n) is 2.23. The first-order chi connectivity index (χ1) is 8.69. The molecule has 1 heterocycles. The monoisotopic (exact) mass is 311 g/mol. The molecule has 1 aromatic rings. The van der Waals surface area contributed by atoms with Crippen molar-refractivity contribution in [2.75, 3.05) is 19.6 Å². The molecule has 1 aliphatic heterocycles. The lowest BCUT2D eigenvalue weighted by Gasteiger charge is -2.31. The summed E-state index contributed by atoms with van der Waals surface area (Å²) < 4.78 is 6.46. The highest BCUT2D eigenvalue weighted by atomic mass is 79.9. The molecule has 4 heteroatoms. The zero-order chi connectivity index (χ0) is 13.0. The molecule has 1 saturated heterocycles. The molecule has 0 N–H and O–H groups in total. The average molecular weight is 312 g/mol. The Labute approximate surface area is 116 Å². The van der Waals surface area contributed by atoms with Crippen LogP contribution in [0.25, 0.3) is 0 Å². The predicted molar refractivity (Wildman–Crippen MR) is 74.7 cm³/mol. The number of hydrogen-bond donors (Lipinski definition) is 0. The van der Waals surface area contributed by atoms with Crippen LogP contribution in [0.1, 0.15) is 30.1 Å². The number of piperidine rings is 1. The first-order valence-corrected chi connectivity index (χ1v) is 7.17. The van der Waals surface area contributed by atoms with E-state index >= 15 is 0 Å². The number of hydrogen-bond acceptors (Lipinski definition) is 3. The van der Waals surface area contributed by atoms with Crippen molar-refractivity contribution in [3.63, 3.8) is 0 Å². The molecule has 0 saturated carbocycles.